The third-order valence-corrected chi connectivity index (χ3v) is 2.60. The molecule has 2 heteroatoms. The Balaban J connectivity index is 2.49. The second-order valence-electron chi connectivity index (χ2n) is 3.50. The van der Waals surface area contributed by atoms with Crippen LogP contribution in [0.5, 0.6) is 0 Å². The fourth-order valence-corrected chi connectivity index (χ4v) is 1.86. The lowest BCUT2D eigenvalue weighted by atomic mass is 9.89. The molecule has 2 unspecified atom stereocenters. The van der Waals surface area contributed by atoms with Gasteiger partial charge in [0.1, 0.15) is 6.04 Å². The Hall–Kier alpha value is -1.70. The largest absolute Gasteiger partial charge is 0.287 e. The average molecular weight is 198 g/mol. The fraction of sp³-hybridized carbons (Fsp3) is 0.231. The molecule has 0 saturated heterocycles. The summed E-state index contributed by atoms with van der Waals surface area (Å²) in [6.45, 7) is 5.77. The highest BCUT2D eigenvalue weighted by molar-refractivity contribution is 5.59. The topological polar surface area (TPSA) is 25.2 Å². The maximum atomic E-state index is 4.47. The molecular formula is C13H14N2. The lowest BCUT2D eigenvalue weighted by Crippen LogP contribution is -2.13. The third-order valence-electron chi connectivity index (χ3n) is 2.60. The highest BCUT2D eigenvalue weighted by Gasteiger charge is 2.23. The summed E-state index contributed by atoms with van der Waals surface area (Å²) in [4.78, 5) is 8.87. The Bertz CT molecular complexity index is 418. The van der Waals surface area contributed by atoms with E-state index in [4.69, 9.17) is 0 Å². The SMILES string of the molecule is C=CC1C=Cc2cccnc2C1N=CC. The first-order chi connectivity index (χ1) is 7.36. The van der Waals surface area contributed by atoms with Gasteiger partial charge in [0.05, 0.1) is 5.69 Å². The molecular weight excluding hydrogens is 184 g/mol. The Kier molecular flexibility index (Phi) is 2.77. The number of fused-ring (bicyclic) bond motifs is 1. The molecule has 0 aromatic carbocycles. The van der Waals surface area contributed by atoms with Crippen molar-refractivity contribution in [1.82, 2.24) is 4.98 Å². The van der Waals surface area contributed by atoms with Crippen LogP contribution >= 0.6 is 0 Å². The number of hydrogen-bond donors (Lipinski definition) is 0. The van der Waals surface area contributed by atoms with Crippen molar-refractivity contribution in [1.29, 1.82) is 0 Å². The first kappa shape index (κ1) is 9.84. The summed E-state index contributed by atoms with van der Waals surface area (Å²) in [6.07, 6.45) is 9.80. The van der Waals surface area contributed by atoms with Gasteiger partial charge in [0.25, 0.3) is 0 Å². The van der Waals surface area contributed by atoms with E-state index in [1.807, 2.05) is 31.5 Å². The van der Waals surface area contributed by atoms with E-state index in [0.29, 0.717) is 0 Å². The van der Waals surface area contributed by atoms with Crippen LogP contribution in [0.25, 0.3) is 6.08 Å². The zero-order valence-corrected chi connectivity index (χ0v) is 8.80. The summed E-state index contributed by atoms with van der Waals surface area (Å²) in [5, 5.41) is 0. The smallest absolute Gasteiger partial charge is 0.102 e. The van der Waals surface area contributed by atoms with E-state index in [1.54, 1.807) is 0 Å². The molecule has 1 aromatic heterocycles. The minimum atomic E-state index is 0.0914. The first-order valence-corrected chi connectivity index (χ1v) is 5.10. The van der Waals surface area contributed by atoms with Crippen LogP contribution in [-0.4, -0.2) is 11.2 Å². The van der Waals surface area contributed by atoms with Gasteiger partial charge in [-0.15, -0.1) is 6.58 Å². The number of aliphatic imine (C=N–C) groups is 1. The van der Waals surface area contributed by atoms with Crippen molar-refractivity contribution in [2.75, 3.05) is 0 Å². The molecule has 0 aliphatic heterocycles. The molecule has 76 valence electrons. The van der Waals surface area contributed by atoms with E-state index >= 15 is 0 Å². The Morgan fingerprint density at radius 2 is 2.40 bits per heavy atom. The van der Waals surface area contributed by atoms with Gasteiger partial charge in [-0.25, -0.2) is 0 Å². The predicted octanol–water partition coefficient (Wildman–Crippen LogP) is 3.04. The van der Waals surface area contributed by atoms with Crippen LogP contribution in [0.15, 0.2) is 42.1 Å². The molecule has 0 amide bonds. The lowest BCUT2D eigenvalue weighted by molar-refractivity contribution is 0.600. The van der Waals surface area contributed by atoms with Crippen molar-refractivity contribution in [3.05, 3.63) is 48.3 Å². The number of hydrogen-bond acceptors (Lipinski definition) is 2. The molecule has 0 bridgehead atoms. The second-order valence-corrected chi connectivity index (χ2v) is 3.50. The highest BCUT2D eigenvalue weighted by Crippen LogP contribution is 2.33. The molecule has 1 aromatic rings. The van der Waals surface area contributed by atoms with Gasteiger partial charge in [-0.2, -0.15) is 0 Å². The van der Waals surface area contributed by atoms with Gasteiger partial charge in [-0.3, -0.25) is 9.98 Å². The molecule has 0 radical (unpaired) electrons. The molecule has 1 aliphatic carbocycles. The summed E-state index contributed by atoms with van der Waals surface area (Å²) in [6, 6.07) is 4.11. The lowest BCUT2D eigenvalue weighted by Gasteiger charge is -2.23. The van der Waals surface area contributed by atoms with Gasteiger partial charge in [0, 0.05) is 12.1 Å². The summed E-state index contributed by atoms with van der Waals surface area (Å²) < 4.78 is 0. The normalized spacial score (nSPS) is 24.1. The van der Waals surface area contributed by atoms with Crippen molar-refractivity contribution in [3.63, 3.8) is 0 Å². The van der Waals surface area contributed by atoms with Crippen LogP contribution in [0.2, 0.25) is 0 Å². The number of rotatable bonds is 2. The standard InChI is InChI=1S/C13H14N2/c1-3-10-7-8-11-6-5-9-15-13(11)12(10)14-4-2/h3-10,12H,1H2,2H3. The highest BCUT2D eigenvalue weighted by atomic mass is 14.8. The van der Waals surface area contributed by atoms with Gasteiger partial charge in [-0.05, 0) is 24.8 Å². The van der Waals surface area contributed by atoms with E-state index in [1.165, 1.54) is 0 Å². The quantitative estimate of drug-likeness (QED) is 0.529. The van der Waals surface area contributed by atoms with Crippen LogP contribution in [-0.2, 0) is 0 Å². The predicted molar refractivity (Wildman–Crippen MR) is 63.9 cm³/mol. The molecule has 2 rings (SSSR count). The number of nitrogens with zero attached hydrogens (tertiary/aromatic N) is 2. The van der Waals surface area contributed by atoms with Crippen molar-refractivity contribution in [2.45, 2.75) is 13.0 Å². The zero-order chi connectivity index (χ0) is 10.7. The van der Waals surface area contributed by atoms with Crippen LogP contribution in [0.4, 0.5) is 0 Å². The maximum Gasteiger partial charge on any atom is 0.102 e. The van der Waals surface area contributed by atoms with E-state index in [2.05, 4.69) is 34.8 Å². The Morgan fingerprint density at radius 3 is 3.13 bits per heavy atom. The van der Waals surface area contributed by atoms with E-state index < -0.39 is 0 Å². The van der Waals surface area contributed by atoms with Gasteiger partial charge in [-0.1, -0.05) is 24.3 Å². The summed E-state index contributed by atoms with van der Waals surface area (Å²) in [5.74, 6) is 0.253. The summed E-state index contributed by atoms with van der Waals surface area (Å²) in [5.41, 5.74) is 2.20. The molecule has 2 nitrogen and oxygen atoms in total. The average Bonchev–Trinajstić information content (AvgIpc) is 2.30. The molecule has 0 N–H and O–H groups in total. The Morgan fingerprint density at radius 1 is 1.53 bits per heavy atom. The molecule has 1 heterocycles. The second kappa shape index (κ2) is 4.22. The fourth-order valence-electron chi connectivity index (χ4n) is 1.86. The minimum absolute atomic E-state index is 0.0914. The van der Waals surface area contributed by atoms with Crippen molar-refractivity contribution < 1.29 is 0 Å². The Labute approximate surface area is 90.1 Å². The summed E-state index contributed by atoms with van der Waals surface area (Å²) in [7, 11) is 0. The van der Waals surface area contributed by atoms with Crippen molar-refractivity contribution in [2.24, 2.45) is 10.9 Å². The van der Waals surface area contributed by atoms with Crippen molar-refractivity contribution >= 4 is 12.3 Å². The molecule has 15 heavy (non-hydrogen) atoms. The van der Waals surface area contributed by atoms with Crippen molar-refractivity contribution in [3.8, 4) is 0 Å². The molecule has 2 atom stereocenters. The van der Waals surface area contributed by atoms with Gasteiger partial charge in [0.15, 0.2) is 0 Å². The monoisotopic (exact) mass is 198 g/mol. The van der Waals surface area contributed by atoms with E-state index in [-0.39, 0.29) is 12.0 Å². The zero-order valence-electron chi connectivity index (χ0n) is 8.80. The van der Waals surface area contributed by atoms with Crippen LogP contribution < -0.4 is 0 Å². The molecule has 1 aliphatic rings. The maximum absolute atomic E-state index is 4.47. The molecule has 0 saturated carbocycles. The molecule has 0 fully saturated rings. The van der Waals surface area contributed by atoms with Crippen LogP contribution in [0.3, 0.4) is 0 Å². The molecule has 0 spiro atoms. The van der Waals surface area contributed by atoms with Gasteiger partial charge < -0.3 is 0 Å². The van der Waals surface area contributed by atoms with Gasteiger partial charge in [0.2, 0.25) is 0 Å². The number of aromatic nitrogens is 1. The van der Waals surface area contributed by atoms with Crippen LogP contribution in [0.1, 0.15) is 24.2 Å². The third kappa shape index (κ3) is 1.75. The minimum Gasteiger partial charge on any atom is -0.287 e. The van der Waals surface area contributed by atoms with E-state index in [0.717, 1.165) is 11.3 Å². The van der Waals surface area contributed by atoms with Gasteiger partial charge >= 0.3 is 0 Å². The van der Waals surface area contributed by atoms with Crippen LogP contribution in [0, 0.1) is 5.92 Å². The summed E-state index contributed by atoms with van der Waals surface area (Å²) >= 11 is 0. The number of pyridine rings is 1. The van der Waals surface area contributed by atoms with E-state index in [9.17, 15) is 0 Å². The first-order valence-electron chi connectivity index (χ1n) is 5.10.